The molecule has 2 aromatic carbocycles. The van der Waals surface area contributed by atoms with E-state index in [9.17, 15) is 26.8 Å². The van der Waals surface area contributed by atoms with E-state index in [1.54, 1.807) is 0 Å². The SMILES string of the molecule is O=Cc1ccoc1C(=O)CC1CCC(c2cc(F)ccc2F)(S(=O)(=O)c2ccc(Cl)cc2)CC1. The smallest absolute Gasteiger partial charge is 0.199 e. The molecule has 34 heavy (non-hydrogen) atoms. The maximum atomic E-state index is 14.9. The third-order valence-electron chi connectivity index (χ3n) is 6.52. The van der Waals surface area contributed by atoms with E-state index in [0.717, 1.165) is 18.2 Å². The molecule has 178 valence electrons. The minimum Gasteiger partial charge on any atom is -0.460 e. The summed E-state index contributed by atoms with van der Waals surface area (Å²) in [6, 6.07) is 9.78. The van der Waals surface area contributed by atoms with Crippen LogP contribution in [0.1, 0.15) is 58.6 Å². The van der Waals surface area contributed by atoms with Crippen LogP contribution in [0.2, 0.25) is 5.02 Å². The number of ketones is 1. The lowest BCUT2D eigenvalue weighted by Crippen LogP contribution is -2.41. The molecule has 1 heterocycles. The van der Waals surface area contributed by atoms with Gasteiger partial charge in [0.25, 0.3) is 0 Å². The molecule has 5 nitrogen and oxygen atoms in total. The van der Waals surface area contributed by atoms with Gasteiger partial charge in [0.2, 0.25) is 0 Å². The van der Waals surface area contributed by atoms with Gasteiger partial charge in [0.1, 0.15) is 16.4 Å². The van der Waals surface area contributed by atoms with Crippen LogP contribution in [-0.4, -0.2) is 20.5 Å². The summed E-state index contributed by atoms with van der Waals surface area (Å²) in [6.07, 6.45) is 2.40. The Balaban J connectivity index is 1.67. The minimum absolute atomic E-state index is 0.00499. The standard InChI is InChI=1S/C25H21ClF2O5S/c26-18-1-4-20(5-2-18)34(31,32)25(21-14-19(27)3-6-22(21)28)10-7-16(8-11-25)13-23(30)24-17(15-29)9-12-33-24/h1-6,9,12,14-16H,7-8,10-11,13H2. The molecular weight excluding hydrogens is 486 g/mol. The molecule has 9 heteroatoms. The highest BCUT2D eigenvalue weighted by molar-refractivity contribution is 7.92. The summed E-state index contributed by atoms with van der Waals surface area (Å²) in [5.41, 5.74) is -0.0659. The third kappa shape index (κ3) is 4.32. The largest absolute Gasteiger partial charge is 0.460 e. The number of sulfone groups is 1. The third-order valence-corrected chi connectivity index (χ3v) is 9.32. The topological polar surface area (TPSA) is 81.4 Å². The molecule has 0 unspecified atom stereocenters. The summed E-state index contributed by atoms with van der Waals surface area (Å²) in [5, 5.41) is 0.347. The molecule has 4 rings (SSSR count). The molecule has 0 atom stereocenters. The number of hydrogen-bond donors (Lipinski definition) is 0. The molecule has 1 aliphatic rings. The van der Waals surface area contributed by atoms with Crippen molar-refractivity contribution in [3.63, 3.8) is 0 Å². The molecule has 0 bridgehead atoms. The van der Waals surface area contributed by atoms with Gasteiger partial charge in [0.05, 0.1) is 16.7 Å². The normalized spacial score (nSPS) is 20.7. The summed E-state index contributed by atoms with van der Waals surface area (Å²) in [5.74, 6) is -2.14. The van der Waals surface area contributed by atoms with Crippen LogP contribution in [-0.2, 0) is 14.6 Å². The minimum atomic E-state index is -4.15. The number of hydrogen-bond acceptors (Lipinski definition) is 5. The Morgan fingerprint density at radius 1 is 1.09 bits per heavy atom. The average molecular weight is 507 g/mol. The van der Waals surface area contributed by atoms with E-state index in [4.69, 9.17) is 16.0 Å². The molecule has 1 fully saturated rings. The number of halogens is 3. The second-order valence-electron chi connectivity index (χ2n) is 8.47. The van der Waals surface area contributed by atoms with E-state index in [2.05, 4.69) is 0 Å². The second kappa shape index (κ2) is 9.43. The number of furan rings is 1. The summed E-state index contributed by atoms with van der Waals surface area (Å²) >= 11 is 5.91. The Kier molecular flexibility index (Phi) is 6.73. The van der Waals surface area contributed by atoms with Crippen LogP contribution < -0.4 is 0 Å². The van der Waals surface area contributed by atoms with Crippen molar-refractivity contribution < 1.29 is 31.2 Å². The van der Waals surface area contributed by atoms with Crippen molar-refractivity contribution in [3.05, 3.63) is 88.3 Å². The zero-order chi connectivity index (χ0) is 24.5. The van der Waals surface area contributed by atoms with Gasteiger partial charge in [0, 0.05) is 17.0 Å². The van der Waals surface area contributed by atoms with Gasteiger partial charge in [-0.1, -0.05) is 11.6 Å². The molecular formula is C25H21ClF2O5S. The number of carbonyl (C=O) groups is 2. The second-order valence-corrected chi connectivity index (χ2v) is 11.2. The van der Waals surface area contributed by atoms with Gasteiger partial charge in [-0.05, 0) is 80.1 Å². The molecule has 3 aromatic rings. The van der Waals surface area contributed by atoms with Gasteiger partial charge >= 0.3 is 0 Å². The van der Waals surface area contributed by atoms with Crippen molar-refractivity contribution >= 4 is 33.5 Å². The van der Waals surface area contributed by atoms with Crippen molar-refractivity contribution in [2.45, 2.75) is 41.7 Å². The number of Topliss-reactive ketones (excluding diaryl/α,β-unsaturated/α-hetero) is 1. The first-order valence-corrected chi connectivity index (χ1v) is 12.6. The van der Waals surface area contributed by atoms with Gasteiger partial charge < -0.3 is 4.42 Å². The van der Waals surface area contributed by atoms with Gasteiger partial charge in [-0.25, -0.2) is 17.2 Å². The van der Waals surface area contributed by atoms with E-state index < -0.39 is 26.2 Å². The van der Waals surface area contributed by atoms with E-state index in [1.807, 2.05) is 0 Å². The molecule has 1 saturated carbocycles. The Morgan fingerprint density at radius 2 is 1.76 bits per heavy atom. The number of carbonyl (C=O) groups excluding carboxylic acids is 2. The fourth-order valence-electron chi connectivity index (χ4n) is 4.71. The fraction of sp³-hybridized carbons (Fsp3) is 0.280. The molecule has 0 amide bonds. The molecule has 1 aromatic heterocycles. The van der Waals surface area contributed by atoms with Gasteiger partial charge in [0.15, 0.2) is 27.7 Å². The Morgan fingerprint density at radius 3 is 2.41 bits per heavy atom. The fourth-order valence-corrected chi connectivity index (χ4v) is 7.00. The van der Waals surface area contributed by atoms with E-state index >= 15 is 0 Å². The van der Waals surface area contributed by atoms with Crippen LogP contribution in [0.25, 0.3) is 0 Å². The summed E-state index contributed by atoms with van der Waals surface area (Å²) in [4.78, 5) is 23.7. The Bertz CT molecular complexity index is 1320. The predicted octanol–water partition coefficient (Wildman–Crippen LogP) is 6.16. The monoisotopic (exact) mass is 506 g/mol. The van der Waals surface area contributed by atoms with Crippen molar-refractivity contribution in [2.75, 3.05) is 0 Å². The number of benzene rings is 2. The van der Waals surface area contributed by atoms with E-state index in [1.165, 1.54) is 36.6 Å². The van der Waals surface area contributed by atoms with Gasteiger partial charge in [-0.2, -0.15) is 0 Å². The molecule has 0 aliphatic heterocycles. The van der Waals surface area contributed by atoms with Crippen LogP contribution in [0.5, 0.6) is 0 Å². The molecule has 0 radical (unpaired) electrons. The number of aldehydes is 1. The predicted molar refractivity (Wildman–Crippen MR) is 122 cm³/mol. The first-order valence-electron chi connectivity index (χ1n) is 10.7. The van der Waals surface area contributed by atoms with Gasteiger partial charge in [-0.15, -0.1) is 0 Å². The van der Waals surface area contributed by atoms with E-state index in [0.29, 0.717) is 11.3 Å². The van der Waals surface area contributed by atoms with Crippen LogP contribution in [0, 0.1) is 17.6 Å². The van der Waals surface area contributed by atoms with Crippen LogP contribution >= 0.6 is 11.6 Å². The lowest BCUT2D eigenvalue weighted by molar-refractivity contribution is 0.0912. The number of rotatable bonds is 7. The van der Waals surface area contributed by atoms with Crippen molar-refractivity contribution in [1.82, 2.24) is 0 Å². The Hall–Kier alpha value is -2.84. The maximum absolute atomic E-state index is 14.9. The first kappa shape index (κ1) is 24.3. The molecule has 0 saturated heterocycles. The highest BCUT2D eigenvalue weighted by Gasteiger charge is 2.50. The van der Waals surface area contributed by atoms with Crippen LogP contribution in [0.3, 0.4) is 0 Å². The van der Waals surface area contributed by atoms with Crippen LogP contribution in [0.4, 0.5) is 8.78 Å². The van der Waals surface area contributed by atoms with Crippen molar-refractivity contribution in [3.8, 4) is 0 Å². The highest BCUT2D eigenvalue weighted by Crippen LogP contribution is 2.50. The maximum Gasteiger partial charge on any atom is 0.199 e. The molecule has 0 N–H and O–H groups in total. The van der Waals surface area contributed by atoms with Crippen molar-refractivity contribution in [1.29, 1.82) is 0 Å². The summed E-state index contributed by atoms with van der Waals surface area (Å²) in [6.45, 7) is 0. The Labute approximate surface area is 200 Å². The zero-order valence-corrected chi connectivity index (χ0v) is 19.5. The van der Waals surface area contributed by atoms with Gasteiger partial charge in [-0.3, -0.25) is 9.59 Å². The average Bonchev–Trinajstić information content (AvgIpc) is 3.31. The first-order chi connectivity index (χ1) is 16.2. The zero-order valence-electron chi connectivity index (χ0n) is 18.0. The summed E-state index contributed by atoms with van der Waals surface area (Å²) in [7, 11) is -4.15. The lowest BCUT2D eigenvalue weighted by Gasteiger charge is -2.40. The molecule has 1 aliphatic carbocycles. The quantitative estimate of drug-likeness (QED) is 0.283. The highest BCUT2D eigenvalue weighted by atomic mass is 35.5. The summed E-state index contributed by atoms with van der Waals surface area (Å²) < 4.78 is 60.2. The van der Waals surface area contributed by atoms with Crippen LogP contribution in [0.15, 0.2) is 64.1 Å². The van der Waals surface area contributed by atoms with Crippen molar-refractivity contribution in [2.24, 2.45) is 5.92 Å². The molecule has 0 spiro atoms. The van der Waals surface area contributed by atoms with E-state index in [-0.39, 0.29) is 65.6 Å². The lowest BCUT2D eigenvalue weighted by atomic mass is 9.76.